The summed E-state index contributed by atoms with van der Waals surface area (Å²) in [7, 11) is 1.58. The van der Waals surface area contributed by atoms with Gasteiger partial charge in [0.25, 0.3) is 0 Å². The summed E-state index contributed by atoms with van der Waals surface area (Å²) in [4.78, 5) is 22.8. The van der Waals surface area contributed by atoms with Crippen LogP contribution in [0.3, 0.4) is 0 Å². The third kappa shape index (κ3) is 3.24. The molecule has 5 heteroatoms. The van der Waals surface area contributed by atoms with Gasteiger partial charge in [-0.3, -0.25) is 9.59 Å². The van der Waals surface area contributed by atoms with Gasteiger partial charge in [-0.05, 0) is 43.5 Å². The summed E-state index contributed by atoms with van der Waals surface area (Å²) in [6, 6.07) is 3.47. The van der Waals surface area contributed by atoms with Gasteiger partial charge in [0.05, 0.1) is 7.11 Å². The quantitative estimate of drug-likeness (QED) is 0.801. The lowest BCUT2D eigenvalue weighted by molar-refractivity contribution is -0.145. The van der Waals surface area contributed by atoms with E-state index in [-0.39, 0.29) is 6.42 Å². The molecule has 0 bridgehead atoms. The summed E-state index contributed by atoms with van der Waals surface area (Å²) in [5.74, 6) is -1.90. The topological polar surface area (TPSA) is 75.6 Å². The highest BCUT2D eigenvalue weighted by Crippen LogP contribution is 2.27. The van der Waals surface area contributed by atoms with E-state index in [0.717, 1.165) is 16.9 Å². The van der Waals surface area contributed by atoms with Crippen LogP contribution in [0.15, 0.2) is 12.1 Å². The summed E-state index contributed by atoms with van der Waals surface area (Å²) < 4.78 is 5.19. The maximum Gasteiger partial charge on any atom is 0.316 e. The number of ether oxygens (including phenoxy) is 1. The first-order chi connectivity index (χ1) is 8.92. The number of carbonyl (C=O) groups excluding carboxylic acids is 1. The van der Waals surface area contributed by atoms with Crippen molar-refractivity contribution in [1.29, 1.82) is 0 Å². The van der Waals surface area contributed by atoms with Crippen molar-refractivity contribution in [3.05, 3.63) is 23.3 Å². The summed E-state index contributed by atoms with van der Waals surface area (Å²) in [5.41, 5.74) is 2.40. The predicted octanol–water partition coefficient (Wildman–Crippen LogP) is 2.36. The Hall–Kier alpha value is -2.04. The second-order valence-corrected chi connectivity index (χ2v) is 4.35. The summed E-state index contributed by atoms with van der Waals surface area (Å²) in [6.07, 6.45) is 0.259. The number of carbonyl (C=O) groups is 2. The van der Waals surface area contributed by atoms with E-state index >= 15 is 0 Å². The number of hydrogen-bond acceptors (Lipinski definition) is 3. The number of methoxy groups -OCH3 is 1. The van der Waals surface area contributed by atoms with Gasteiger partial charge < -0.3 is 15.2 Å². The van der Waals surface area contributed by atoms with Crippen LogP contribution >= 0.6 is 0 Å². The van der Waals surface area contributed by atoms with E-state index in [4.69, 9.17) is 9.84 Å². The highest BCUT2D eigenvalue weighted by Gasteiger charge is 2.24. The van der Waals surface area contributed by atoms with Gasteiger partial charge in [0, 0.05) is 5.69 Å². The molecule has 0 aliphatic rings. The Morgan fingerprint density at radius 2 is 1.95 bits per heavy atom. The van der Waals surface area contributed by atoms with Crippen molar-refractivity contribution in [1.82, 2.24) is 0 Å². The molecule has 104 valence electrons. The van der Waals surface area contributed by atoms with Crippen LogP contribution in [0, 0.1) is 19.8 Å². The molecule has 1 unspecified atom stereocenters. The maximum absolute atomic E-state index is 11.9. The van der Waals surface area contributed by atoms with Crippen LogP contribution in [-0.4, -0.2) is 24.1 Å². The van der Waals surface area contributed by atoms with Crippen molar-refractivity contribution in [3.63, 3.8) is 0 Å². The zero-order chi connectivity index (χ0) is 14.6. The number of nitrogens with one attached hydrogen (secondary N) is 1. The Labute approximate surface area is 112 Å². The fourth-order valence-electron chi connectivity index (χ4n) is 1.84. The predicted molar refractivity (Wildman–Crippen MR) is 72.5 cm³/mol. The molecule has 0 aliphatic carbocycles. The minimum Gasteiger partial charge on any atom is -0.496 e. The van der Waals surface area contributed by atoms with Crippen LogP contribution in [0.4, 0.5) is 5.69 Å². The van der Waals surface area contributed by atoms with Crippen LogP contribution in [0.5, 0.6) is 5.75 Å². The van der Waals surface area contributed by atoms with Gasteiger partial charge in [0.15, 0.2) is 0 Å². The molecule has 19 heavy (non-hydrogen) atoms. The van der Waals surface area contributed by atoms with E-state index in [2.05, 4.69) is 5.32 Å². The normalized spacial score (nSPS) is 11.8. The second kappa shape index (κ2) is 6.22. The van der Waals surface area contributed by atoms with Crippen LogP contribution < -0.4 is 10.1 Å². The number of amides is 1. The highest BCUT2D eigenvalue weighted by molar-refractivity contribution is 6.04. The molecule has 1 atom stereocenters. The van der Waals surface area contributed by atoms with Gasteiger partial charge in [-0.2, -0.15) is 0 Å². The average molecular weight is 265 g/mol. The number of hydrogen-bond donors (Lipinski definition) is 2. The van der Waals surface area contributed by atoms with Crippen LogP contribution in [0.1, 0.15) is 24.5 Å². The van der Waals surface area contributed by atoms with Crippen molar-refractivity contribution in [3.8, 4) is 5.75 Å². The number of rotatable bonds is 5. The number of benzene rings is 1. The third-order valence-corrected chi connectivity index (χ3v) is 3.24. The number of aliphatic carboxylic acids is 1. The van der Waals surface area contributed by atoms with Crippen molar-refractivity contribution >= 4 is 17.6 Å². The van der Waals surface area contributed by atoms with E-state index in [1.807, 2.05) is 13.8 Å². The van der Waals surface area contributed by atoms with E-state index < -0.39 is 17.8 Å². The van der Waals surface area contributed by atoms with Gasteiger partial charge >= 0.3 is 5.97 Å². The molecule has 1 aromatic carbocycles. The molecule has 5 nitrogen and oxygen atoms in total. The average Bonchev–Trinajstić information content (AvgIpc) is 2.35. The van der Waals surface area contributed by atoms with E-state index in [9.17, 15) is 9.59 Å². The fraction of sp³-hybridized carbons (Fsp3) is 0.429. The Bertz CT molecular complexity index is 496. The minimum absolute atomic E-state index is 0.259. The Morgan fingerprint density at radius 1 is 1.32 bits per heavy atom. The van der Waals surface area contributed by atoms with E-state index in [1.54, 1.807) is 26.2 Å². The van der Waals surface area contributed by atoms with Crippen molar-refractivity contribution < 1.29 is 19.4 Å². The van der Waals surface area contributed by atoms with Gasteiger partial charge in [0.1, 0.15) is 11.7 Å². The van der Waals surface area contributed by atoms with Crippen LogP contribution in [0.25, 0.3) is 0 Å². The van der Waals surface area contributed by atoms with Gasteiger partial charge in [-0.15, -0.1) is 0 Å². The smallest absolute Gasteiger partial charge is 0.316 e. The summed E-state index contributed by atoms with van der Waals surface area (Å²) in [6.45, 7) is 5.41. The van der Waals surface area contributed by atoms with Crippen LogP contribution in [0.2, 0.25) is 0 Å². The lowest BCUT2D eigenvalue weighted by Gasteiger charge is -2.15. The lowest BCUT2D eigenvalue weighted by Crippen LogP contribution is -2.29. The Kier molecular flexibility index (Phi) is 4.92. The Morgan fingerprint density at radius 3 is 2.42 bits per heavy atom. The fourth-order valence-corrected chi connectivity index (χ4v) is 1.84. The molecule has 1 rings (SSSR count). The van der Waals surface area contributed by atoms with Gasteiger partial charge in [0.2, 0.25) is 5.91 Å². The van der Waals surface area contributed by atoms with E-state index in [0.29, 0.717) is 5.69 Å². The first-order valence-electron chi connectivity index (χ1n) is 6.10. The monoisotopic (exact) mass is 265 g/mol. The zero-order valence-electron chi connectivity index (χ0n) is 11.6. The van der Waals surface area contributed by atoms with Gasteiger partial charge in [-0.25, -0.2) is 0 Å². The molecule has 0 fully saturated rings. The summed E-state index contributed by atoms with van der Waals surface area (Å²) >= 11 is 0. The SMILES string of the molecule is CCC(C(=O)O)C(=O)Nc1ccc(OC)c(C)c1C. The zero-order valence-corrected chi connectivity index (χ0v) is 11.6. The molecule has 0 aliphatic heterocycles. The number of carboxylic acids is 1. The molecule has 0 spiro atoms. The molecule has 2 N–H and O–H groups in total. The Balaban J connectivity index is 2.97. The largest absolute Gasteiger partial charge is 0.496 e. The van der Waals surface area contributed by atoms with Crippen molar-refractivity contribution in [2.75, 3.05) is 12.4 Å². The molecular weight excluding hydrogens is 246 g/mol. The number of anilines is 1. The molecule has 0 heterocycles. The highest BCUT2D eigenvalue weighted by atomic mass is 16.5. The van der Waals surface area contributed by atoms with Crippen molar-refractivity contribution in [2.24, 2.45) is 5.92 Å². The van der Waals surface area contributed by atoms with Crippen LogP contribution in [-0.2, 0) is 9.59 Å². The molecule has 1 aromatic rings. The first-order valence-corrected chi connectivity index (χ1v) is 6.10. The molecule has 1 amide bonds. The maximum atomic E-state index is 11.9. The third-order valence-electron chi connectivity index (χ3n) is 3.24. The molecular formula is C14H19NO4. The number of carboxylic acid groups (broad SMARTS) is 1. The summed E-state index contributed by atoms with van der Waals surface area (Å²) in [5, 5.41) is 11.6. The van der Waals surface area contributed by atoms with E-state index in [1.165, 1.54) is 0 Å². The lowest BCUT2D eigenvalue weighted by atomic mass is 10.0. The molecule has 0 aromatic heterocycles. The second-order valence-electron chi connectivity index (χ2n) is 4.35. The minimum atomic E-state index is -1.11. The van der Waals surface area contributed by atoms with Crippen molar-refractivity contribution in [2.45, 2.75) is 27.2 Å². The molecule has 0 saturated heterocycles. The molecule has 0 radical (unpaired) electrons. The van der Waals surface area contributed by atoms with Gasteiger partial charge in [-0.1, -0.05) is 6.92 Å². The molecule has 0 saturated carbocycles. The standard InChI is InChI=1S/C14H19NO4/c1-5-10(14(17)18)13(16)15-11-6-7-12(19-4)9(3)8(11)2/h6-7,10H,5H2,1-4H3,(H,15,16)(H,17,18). The first kappa shape index (κ1) is 15.0.